The summed E-state index contributed by atoms with van der Waals surface area (Å²) >= 11 is 0. The third-order valence-corrected chi connectivity index (χ3v) is 4.67. The van der Waals surface area contributed by atoms with Gasteiger partial charge in [0.1, 0.15) is 6.33 Å². The highest BCUT2D eigenvalue weighted by molar-refractivity contribution is 5.79. The lowest BCUT2D eigenvalue weighted by atomic mass is 10.0. The van der Waals surface area contributed by atoms with Crippen LogP contribution in [0.1, 0.15) is 12.0 Å². The molecule has 0 amide bonds. The highest BCUT2D eigenvalue weighted by Crippen LogP contribution is 2.40. The number of aromatic nitrogens is 2. The molecule has 10 heteroatoms. The van der Waals surface area contributed by atoms with Crippen LogP contribution in [0, 0.1) is 20.2 Å². The topological polar surface area (TPSA) is 127 Å². The van der Waals surface area contributed by atoms with E-state index in [-0.39, 0.29) is 23.0 Å². The van der Waals surface area contributed by atoms with Crippen molar-refractivity contribution in [3.63, 3.8) is 0 Å². The lowest BCUT2D eigenvalue weighted by molar-refractivity contribution is -0.384. The third kappa shape index (κ3) is 3.55. The summed E-state index contributed by atoms with van der Waals surface area (Å²) in [5, 5.41) is 25.7. The average Bonchev–Trinajstić information content (AvgIpc) is 2.73. The van der Waals surface area contributed by atoms with E-state index in [4.69, 9.17) is 0 Å². The molecule has 1 aliphatic heterocycles. The fourth-order valence-corrected chi connectivity index (χ4v) is 3.41. The molecule has 0 radical (unpaired) electrons. The van der Waals surface area contributed by atoms with Gasteiger partial charge in [-0.3, -0.25) is 20.2 Å². The predicted octanol–water partition coefficient (Wildman–Crippen LogP) is 4.12. The van der Waals surface area contributed by atoms with Gasteiger partial charge in [0, 0.05) is 30.1 Å². The van der Waals surface area contributed by atoms with Gasteiger partial charge in [0.05, 0.1) is 9.85 Å². The molecular formula is C19H16N6O4. The summed E-state index contributed by atoms with van der Waals surface area (Å²) in [5.74, 6) is 0.161. The number of rotatable bonds is 5. The number of nitrogens with zero attached hydrogens (tertiary/aromatic N) is 5. The van der Waals surface area contributed by atoms with Crippen LogP contribution in [0.4, 0.5) is 34.4 Å². The molecule has 2 aromatic carbocycles. The maximum absolute atomic E-state index is 11.9. The third-order valence-electron chi connectivity index (χ3n) is 4.67. The Balaban J connectivity index is 1.78. The van der Waals surface area contributed by atoms with Crippen LogP contribution < -0.4 is 10.2 Å². The Bertz CT molecular complexity index is 1100. The molecule has 0 atom stereocenters. The van der Waals surface area contributed by atoms with Crippen molar-refractivity contribution in [2.24, 2.45) is 0 Å². The zero-order valence-electron chi connectivity index (χ0n) is 15.2. The van der Waals surface area contributed by atoms with Crippen molar-refractivity contribution < 1.29 is 9.85 Å². The van der Waals surface area contributed by atoms with Gasteiger partial charge >= 0.3 is 5.69 Å². The van der Waals surface area contributed by atoms with Crippen molar-refractivity contribution in [3.05, 3.63) is 80.7 Å². The minimum Gasteiger partial charge on any atom is -0.334 e. The van der Waals surface area contributed by atoms with Gasteiger partial charge in [-0.25, -0.2) is 9.97 Å². The monoisotopic (exact) mass is 392 g/mol. The van der Waals surface area contributed by atoms with Gasteiger partial charge < -0.3 is 10.2 Å². The minimum absolute atomic E-state index is 0.0245. The second-order valence-corrected chi connectivity index (χ2v) is 6.47. The maximum Gasteiger partial charge on any atom is 0.354 e. The van der Waals surface area contributed by atoms with Crippen LogP contribution in [0.2, 0.25) is 0 Å². The molecule has 0 fully saturated rings. The van der Waals surface area contributed by atoms with Crippen molar-refractivity contribution >= 4 is 34.4 Å². The number of benzene rings is 2. The maximum atomic E-state index is 11.9. The lowest BCUT2D eigenvalue weighted by Gasteiger charge is -2.30. The van der Waals surface area contributed by atoms with E-state index in [9.17, 15) is 20.2 Å². The Morgan fingerprint density at radius 1 is 1.00 bits per heavy atom. The summed E-state index contributed by atoms with van der Waals surface area (Å²) in [7, 11) is 0. The molecule has 1 aliphatic rings. The number of fused-ring (bicyclic) bond motifs is 1. The molecule has 146 valence electrons. The Morgan fingerprint density at radius 3 is 2.62 bits per heavy atom. The van der Waals surface area contributed by atoms with E-state index >= 15 is 0 Å². The van der Waals surface area contributed by atoms with Gasteiger partial charge in [0.2, 0.25) is 11.6 Å². The smallest absolute Gasteiger partial charge is 0.334 e. The predicted molar refractivity (Wildman–Crippen MR) is 107 cm³/mol. The highest BCUT2D eigenvalue weighted by atomic mass is 16.6. The second-order valence-electron chi connectivity index (χ2n) is 6.47. The number of nitrogens with one attached hydrogen (secondary N) is 1. The van der Waals surface area contributed by atoms with Gasteiger partial charge in [-0.1, -0.05) is 24.3 Å². The van der Waals surface area contributed by atoms with Crippen LogP contribution in [-0.2, 0) is 6.42 Å². The van der Waals surface area contributed by atoms with Crippen molar-refractivity contribution in [2.45, 2.75) is 12.8 Å². The Kier molecular flexibility index (Phi) is 4.73. The van der Waals surface area contributed by atoms with Gasteiger partial charge in [-0.15, -0.1) is 0 Å². The molecule has 1 N–H and O–H groups in total. The molecule has 29 heavy (non-hydrogen) atoms. The summed E-state index contributed by atoms with van der Waals surface area (Å²) in [5.41, 5.74) is 1.89. The summed E-state index contributed by atoms with van der Waals surface area (Å²) in [6.07, 6.45) is 2.98. The largest absolute Gasteiger partial charge is 0.354 e. The molecule has 0 spiro atoms. The minimum atomic E-state index is -0.535. The number of para-hydroxylation sites is 1. The van der Waals surface area contributed by atoms with Crippen LogP contribution in [0.5, 0.6) is 0 Å². The van der Waals surface area contributed by atoms with Crippen LogP contribution in [0.25, 0.3) is 0 Å². The van der Waals surface area contributed by atoms with Crippen molar-refractivity contribution in [3.8, 4) is 0 Å². The average molecular weight is 392 g/mol. The fraction of sp³-hybridized carbons (Fsp3) is 0.158. The molecule has 4 rings (SSSR count). The lowest BCUT2D eigenvalue weighted by Crippen LogP contribution is -2.26. The summed E-state index contributed by atoms with van der Waals surface area (Å²) in [4.78, 5) is 31.9. The summed E-state index contributed by atoms with van der Waals surface area (Å²) in [6.45, 7) is 0.588. The number of hydrogen-bond donors (Lipinski definition) is 1. The van der Waals surface area contributed by atoms with E-state index in [0.29, 0.717) is 12.2 Å². The number of anilines is 4. The quantitative estimate of drug-likeness (QED) is 0.507. The molecule has 0 saturated carbocycles. The van der Waals surface area contributed by atoms with Crippen molar-refractivity contribution in [1.82, 2.24) is 9.97 Å². The van der Waals surface area contributed by atoms with Crippen molar-refractivity contribution in [1.29, 1.82) is 0 Å². The number of hydrogen-bond acceptors (Lipinski definition) is 8. The van der Waals surface area contributed by atoms with E-state index in [2.05, 4.69) is 15.3 Å². The van der Waals surface area contributed by atoms with E-state index in [1.807, 2.05) is 29.2 Å². The molecule has 1 aromatic heterocycles. The van der Waals surface area contributed by atoms with Crippen LogP contribution >= 0.6 is 0 Å². The van der Waals surface area contributed by atoms with E-state index in [1.165, 1.54) is 24.5 Å². The molecule has 10 nitrogen and oxygen atoms in total. The Labute approximate surface area is 165 Å². The van der Waals surface area contributed by atoms with Gasteiger partial charge in [0.25, 0.3) is 5.69 Å². The fourth-order valence-electron chi connectivity index (χ4n) is 3.41. The summed E-state index contributed by atoms with van der Waals surface area (Å²) in [6, 6.07) is 13.4. The van der Waals surface area contributed by atoms with Gasteiger partial charge in [0.15, 0.2) is 0 Å². The molecule has 0 unspecified atom stereocenters. The molecule has 0 bridgehead atoms. The first kappa shape index (κ1) is 18.3. The van der Waals surface area contributed by atoms with Crippen LogP contribution in [-0.4, -0.2) is 26.4 Å². The van der Waals surface area contributed by atoms with Gasteiger partial charge in [-0.05, 0) is 30.5 Å². The first-order valence-corrected chi connectivity index (χ1v) is 8.91. The normalized spacial score (nSPS) is 12.9. The number of nitro benzene ring substituents is 1. The van der Waals surface area contributed by atoms with Gasteiger partial charge in [-0.2, -0.15) is 0 Å². The molecule has 0 saturated heterocycles. The van der Waals surface area contributed by atoms with Crippen LogP contribution in [0.3, 0.4) is 0 Å². The zero-order valence-corrected chi connectivity index (χ0v) is 15.2. The van der Waals surface area contributed by atoms with Crippen molar-refractivity contribution in [2.75, 3.05) is 16.8 Å². The molecular weight excluding hydrogens is 376 g/mol. The number of aryl methyl sites for hydroxylation is 1. The Hall–Kier alpha value is -4.08. The molecule has 3 aromatic rings. The standard InChI is InChI=1S/C19H16N6O4/c26-24(27)15-8-3-7-14(11-15)22-18-17(25(28)29)19(21-12-20-18)23-10-4-6-13-5-1-2-9-16(13)23/h1-3,5,7-9,11-12H,4,6,10H2,(H,20,21,22). The number of nitro groups is 2. The molecule has 0 aliphatic carbocycles. The highest BCUT2D eigenvalue weighted by Gasteiger charge is 2.30. The van der Waals surface area contributed by atoms with E-state index in [1.54, 1.807) is 6.07 Å². The van der Waals surface area contributed by atoms with E-state index < -0.39 is 9.85 Å². The first-order valence-electron chi connectivity index (χ1n) is 8.91. The zero-order chi connectivity index (χ0) is 20.4. The number of non-ortho nitro benzene ring substituents is 1. The first-order chi connectivity index (χ1) is 14.0. The van der Waals surface area contributed by atoms with Crippen LogP contribution in [0.15, 0.2) is 54.9 Å². The Morgan fingerprint density at radius 2 is 1.83 bits per heavy atom. The van der Waals surface area contributed by atoms with E-state index in [0.717, 1.165) is 24.1 Å². The SMILES string of the molecule is O=[N+]([O-])c1cccc(Nc2ncnc(N3CCCc4ccccc43)c2[N+](=O)[O-])c1. The summed E-state index contributed by atoms with van der Waals surface area (Å²) < 4.78 is 0. The second kappa shape index (κ2) is 7.50. The molecule has 2 heterocycles.